The van der Waals surface area contributed by atoms with Crippen LogP contribution in [0.4, 0.5) is 0 Å². The van der Waals surface area contributed by atoms with Gasteiger partial charge in [0, 0.05) is 29.7 Å². The molecule has 1 atom stereocenters. The van der Waals surface area contributed by atoms with E-state index in [2.05, 4.69) is 49.4 Å². The van der Waals surface area contributed by atoms with Crippen molar-refractivity contribution in [3.63, 3.8) is 0 Å². The Morgan fingerprint density at radius 1 is 1.04 bits per heavy atom. The Balaban J connectivity index is 1.56. The number of nitrogens with zero attached hydrogens (tertiary/aromatic N) is 1. The number of benzene rings is 2. The molecule has 0 saturated carbocycles. The van der Waals surface area contributed by atoms with Gasteiger partial charge in [0.15, 0.2) is 0 Å². The number of hydrogen-bond donors (Lipinski definition) is 0. The first kappa shape index (κ1) is 16.1. The van der Waals surface area contributed by atoms with Crippen LogP contribution in [0.15, 0.2) is 54.6 Å². The van der Waals surface area contributed by atoms with Crippen molar-refractivity contribution in [1.82, 2.24) is 4.90 Å². The molecule has 23 heavy (non-hydrogen) atoms. The fraction of sp³-hybridized carbons (Fsp3) is 0.350. The van der Waals surface area contributed by atoms with Crippen molar-refractivity contribution in [2.75, 3.05) is 13.1 Å². The van der Waals surface area contributed by atoms with Crippen molar-refractivity contribution in [2.24, 2.45) is 0 Å². The molecule has 3 heteroatoms. The van der Waals surface area contributed by atoms with Crippen LogP contribution in [0, 0.1) is 0 Å². The zero-order chi connectivity index (χ0) is 16.1. The highest BCUT2D eigenvalue weighted by molar-refractivity contribution is 7.98. The molecule has 1 heterocycles. The fourth-order valence-corrected chi connectivity index (χ4v) is 3.87. The quantitative estimate of drug-likeness (QED) is 0.778. The lowest BCUT2D eigenvalue weighted by Crippen LogP contribution is -2.27. The van der Waals surface area contributed by atoms with Gasteiger partial charge >= 0.3 is 0 Å². The molecule has 0 bridgehead atoms. The zero-order valence-corrected chi connectivity index (χ0v) is 14.4. The largest absolute Gasteiger partial charge is 0.339 e. The van der Waals surface area contributed by atoms with Crippen LogP contribution in [0.5, 0.6) is 0 Å². The maximum absolute atomic E-state index is 12.3. The summed E-state index contributed by atoms with van der Waals surface area (Å²) in [6.07, 6.45) is 2.27. The number of likely N-dealkylation sites (tertiary alicyclic amines) is 1. The lowest BCUT2D eigenvalue weighted by Gasteiger charge is -2.15. The van der Waals surface area contributed by atoms with Crippen molar-refractivity contribution in [3.05, 3.63) is 71.3 Å². The van der Waals surface area contributed by atoms with Crippen LogP contribution in [0.25, 0.3) is 0 Å². The van der Waals surface area contributed by atoms with Crippen LogP contribution in [0.1, 0.15) is 46.5 Å². The van der Waals surface area contributed by atoms with Crippen molar-refractivity contribution in [1.29, 1.82) is 0 Å². The minimum atomic E-state index is 0.180. The maximum atomic E-state index is 12.3. The van der Waals surface area contributed by atoms with E-state index in [1.807, 2.05) is 28.8 Å². The average Bonchev–Trinajstić information content (AvgIpc) is 3.15. The predicted molar refractivity (Wildman–Crippen MR) is 97.7 cm³/mol. The second-order valence-electron chi connectivity index (χ2n) is 6.06. The molecule has 0 radical (unpaired) electrons. The van der Waals surface area contributed by atoms with E-state index >= 15 is 0 Å². The van der Waals surface area contributed by atoms with Gasteiger partial charge in [-0.3, -0.25) is 4.79 Å². The minimum Gasteiger partial charge on any atom is -0.339 e. The van der Waals surface area contributed by atoms with E-state index in [1.165, 1.54) is 11.1 Å². The third kappa shape index (κ3) is 4.17. The third-order valence-corrected chi connectivity index (χ3v) is 5.64. The Hall–Kier alpha value is -1.74. The lowest BCUT2D eigenvalue weighted by atomic mass is 10.1. The summed E-state index contributed by atoms with van der Waals surface area (Å²) >= 11 is 1.93. The van der Waals surface area contributed by atoms with Crippen LogP contribution >= 0.6 is 11.8 Å². The van der Waals surface area contributed by atoms with Crippen LogP contribution in [0.3, 0.4) is 0 Å². The lowest BCUT2D eigenvalue weighted by molar-refractivity contribution is 0.0793. The zero-order valence-electron chi connectivity index (χ0n) is 13.6. The first-order valence-corrected chi connectivity index (χ1v) is 9.33. The molecule has 1 aliphatic heterocycles. The van der Waals surface area contributed by atoms with Crippen LogP contribution in [0.2, 0.25) is 0 Å². The van der Waals surface area contributed by atoms with Gasteiger partial charge in [0.1, 0.15) is 0 Å². The number of amides is 1. The molecule has 1 unspecified atom stereocenters. The monoisotopic (exact) mass is 325 g/mol. The Morgan fingerprint density at radius 2 is 1.70 bits per heavy atom. The van der Waals surface area contributed by atoms with Crippen molar-refractivity contribution in [2.45, 2.75) is 30.8 Å². The molecule has 1 amide bonds. The third-order valence-electron chi connectivity index (χ3n) is 4.36. The maximum Gasteiger partial charge on any atom is 0.253 e. The standard InChI is InChI=1S/C20H23NOS/c1-16(18-7-3-2-4-8-18)23-15-17-9-11-19(12-10-17)20(22)21-13-5-6-14-21/h2-4,7-12,16H,5-6,13-15H2,1H3. The highest BCUT2D eigenvalue weighted by atomic mass is 32.2. The number of carbonyl (C=O) groups is 1. The molecule has 0 aromatic heterocycles. The van der Waals surface area contributed by atoms with E-state index in [4.69, 9.17) is 0 Å². The minimum absolute atomic E-state index is 0.180. The van der Waals surface area contributed by atoms with Crippen molar-refractivity contribution in [3.8, 4) is 0 Å². The normalized spacial score (nSPS) is 15.6. The summed E-state index contributed by atoms with van der Waals surface area (Å²) in [4.78, 5) is 14.3. The van der Waals surface area contributed by atoms with Gasteiger partial charge < -0.3 is 4.90 Å². The van der Waals surface area contributed by atoms with Gasteiger partial charge in [0.05, 0.1) is 0 Å². The number of carbonyl (C=O) groups excluding carboxylic acids is 1. The van der Waals surface area contributed by atoms with Crippen molar-refractivity contribution >= 4 is 17.7 Å². The van der Waals surface area contributed by atoms with E-state index < -0.39 is 0 Å². The summed E-state index contributed by atoms with van der Waals surface area (Å²) < 4.78 is 0. The molecule has 0 N–H and O–H groups in total. The number of rotatable bonds is 5. The topological polar surface area (TPSA) is 20.3 Å². The Morgan fingerprint density at radius 3 is 2.35 bits per heavy atom. The predicted octanol–water partition coefficient (Wildman–Crippen LogP) is 4.92. The highest BCUT2D eigenvalue weighted by Crippen LogP contribution is 2.30. The van der Waals surface area contributed by atoms with Crippen LogP contribution in [-0.4, -0.2) is 23.9 Å². The summed E-state index contributed by atoms with van der Waals surface area (Å²) in [5.41, 5.74) is 3.45. The van der Waals surface area contributed by atoms with Gasteiger partial charge in [0.2, 0.25) is 0 Å². The van der Waals surface area contributed by atoms with Crippen LogP contribution < -0.4 is 0 Å². The highest BCUT2D eigenvalue weighted by Gasteiger charge is 2.19. The smallest absolute Gasteiger partial charge is 0.253 e. The van der Waals surface area contributed by atoms with Gasteiger partial charge in [-0.2, -0.15) is 0 Å². The molecule has 120 valence electrons. The Bertz CT molecular complexity index is 632. The second kappa shape index (κ2) is 7.69. The molecule has 0 aliphatic carbocycles. The summed E-state index contributed by atoms with van der Waals surface area (Å²) in [5, 5.41) is 0.474. The van der Waals surface area contributed by atoms with Gasteiger partial charge in [-0.15, -0.1) is 11.8 Å². The fourth-order valence-electron chi connectivity index (χ4n) is 2.89. The van der Waals surface area contributed by atoms with Gasteiger partial charge in [-0.25, -0.2) is 0 Å². The Kier molecular flexibility index (Phi) is 5.39. The molecule has 2 aromatic carbocycles. The Labute approximate surface area is 142 Å². The molecule has 2 nitrogen and oxygen atoms in total. The second-order valence-corrected chi connectivity index (χ2v) is 7.39. The number of thioether (sulfide) groups is 1. The van der Waals surface area contributed by atoms with Gasteiger partial charge in [-0.05, 0) is 43.0 Å². The van der Waals surface area contributed by atoms with E-state index in [1.54, 1.807) is 0 Å². The van der Waals surface area contributed by atoms with Crippen LogP contribution in [-0.2, 0) is 5.75 Å². The molecule has 1 fully saturated rings. The molecule has 2 aromatic rings. The molecular formula is C20H23NOS. The molecular weight excluding hydrogens is 302 g/mol. The number of hydrogen-bond acceptors (Lipinski definition) is 2. The summed E-state index contributed by atoms with van der Waals surface area (Å²) in [6.45, 7) is 4.06. The van der Waals surface area contributed by atoms with E-state index in [0.717, 1.165) is 37.2 Å². The summed E-state index contributed by atoms with van der Waals surface area (Å²) in [5.74, 6) is 1.15. The summed E-state index contributed by atoms with van der Waals surface area (Å²) in [7, 11) is 0. The van der Waals surface area contributed by atoms with Crippen molar-refractivity contribution < 1.29 is 4.79 Å². The molecule has 3 rings (SSSR count). The van der Waals surface area contributed by atoms with E-state index in [-0.39, 0.29) is 5.91 Å². The van der Waals surface area contributed by atoms with E-state index in [9.17, 15) is 4.79 Å². The van der Waals surface area contributed by atoms with Gasteiger partial charge in [0.25, 0.3) is 5.91 Å². The van der Waals surface area contributed by atoms with Gasteiger partial charge in [-0.1, -0.05) is 42.5 Å². The first-order valence-electron chi connectivity index (χ1n) is 8.29. The first-order chi connectivity index (χ1) is 11.2. The average molecular weight is 325 g/mol. The SMILES string of the molecule is CC(SCc1ccc(C(=O)N2CCCC2)cc1)c1ccccc1. The summed E-state index contributed by atoms with van der Waals surface area (Å²) in [6, 6.07) is 18.7. The molecule has 0 spiro atoms. The molecule has 1 saturated heterocycles. The van der Waals surface area contributed by atoms with E-state index in [0.29, 0.717) is 5.25 Å². The molecule has 1 aliphatic rings.